The van der Waals surface area contributed by atoms with E-state index in [1.54, 1.807) is 0 Å². The van der Waals surface area contributed by atoms with Gasteiger partial charge < -0.3 is 10.2 Å². The molecular formula is C15H32N2. The largest absolute Gasteiger partial charge is 0.313 e. The van der Waals surface area contributed by atoms with E-state index in [4.69, 9.17) is 0 Å². The van der Waals surface area contributed by atoms with Gasteiger partial charge in [0.05, 0.1) is 0 Å². The van der Waals surface area contributed by atoms with Crippen LogP contribution in [-0.4, -0.2) is 37.1 Å². The average Bonchev–Trinajstić information content (AvgIpc) is 2.25. The fraction of sp³-hybridized carbons (Fsp3) is 1.00. The summed E-state index contributed by atoms with van der Waals surface area (Å²) in [6, 6.07) is 0.731. The molecule has 0 aliphatic carbocycles. The minimum Gasteiger partial charge on any atom is -0.313 e. The zero-order valence-electron chi connectivity index (χ0n) is 12.3. The van der Waals surface area contributed by atoms with Gasteiger partial charge in [0.2, 0.25) is 0 Å². The van der Waals surface area contributed by atoms with Crippen LogP contribution in [0.1, 0.15) is 53.4 Å². The molecule has 1 fully saturated rings. The van der Waals surface area contributed by atoms with E-state index in [2.05, 4.69) is 37.9 Å². The number of unbranched alkanes of at least 4 members (excludes halogenated alkanes) is 1. The molecular weight excluding hydrogens is 208 g/mol. The highest BCUT2D eigenvalue weighted by molar-refractivity contribution is 4.81. The first-order valence-electron chi connectivity index (χ1n) is 7.57. The summed E-state index contributed by atoms with van der Waals surface area (Å²) in [6.45, 7) is 14.4. The summed E-state index contributed by atoms with van der Waals surface area (Å²) >= 11 is 0. The maximum absolute atomic E-state index is 3.75. The number of hydrogen-bond acceptors (Lipinski definition) is 2. The Morgan fingerprint density at radius 1 is 1.29 bits per heavy atom. The van der Waals surface area contributed by atoms with Crippen LogP contribution in [0, 0.1) is 11.8 Å². The van der Waals surface area contributed by atoms with Crippen molar-refractivity contribution in [2.45, 2.75) is 59.4 Å². The second-order valence-electron chi connectivity index (χ2n) is 6.29. The summed E-state index contributed by atoms with van der Waals surface area (Å²) < 4.78 is 0. The Bertz CT molecular complexity index is 191. The van der Waals surface area contributed by atoms with Gasteiger partial charge in [-0.15, -0.1) is 0 Å². The van der Waals surface area contributed by atoms with Crippen LogP contribution in [0.15, 0.2) is 0 Å². The smallest absolute Gasteiger partial charge is 0.0198 e. The SMILES string of the molecule is CCCCN1CC(C)CC(NCCC(C)C)C1. The van der Waals surface area contributed by atoms with Gasteiger partial charge in [-0.2, -0.15) is 0 Å². The van der Waals surface area contributed by atoms with Crippen molar-refractivity contribution in [2.24, 2.45) is 11.8 Å². The third kappa shape index (κ3) is 6.42. The quantitative estimate of drug-likeness (QED) is 0.735. The van der Waals surface area contributed by atoms with E-state index < -0.39 is 0 Å². The molecule has 0 spiro atoms. The molecule has 0 radical (unpaired) electrons. The van der Waals surface area contributed by atoms with Crippen molar-refractivity contribution in [3.63, 3.8) is 0 Å². The molecule has 102 valence electrons. The maximum Gasteiger partial charge on any atom is 0.0198 e. The molecule has 1 aliphatic heterocycles. The first kappa shape index (κ1) is 15.0. The molecule has 0 aromatic rings. The molecule has 0 aromatic carbocycles. The highest BCUT2D eigenvalue weighted by Crippen LogP contribution is 2.17. The summed E-state index contributed by atoms with van der Waals surface area (Å²) in [6.07, 6.45) is 5.34. The van der Waals surface area contributed by atoms with Gasteiger partial charge in [-0.1, -0.05) is 34.1 Å². The highest BCUT2D eigenvalue weighted by Gasteiger charge is 2.23. The van der Waals surface area contributed by atoms with Crippen LogP contribution >= 0.6 is 0 Å². The molecule has 2 nitrogen and oxygen atoms in total. The van der Waals surface area contributed by atoms with Gasteiger partial charge in [-0.25, -0.2) is 0 Å². The number of hydrogen-bond donors (Lipinski definition) is 1. The second-order valence-corrected chi connectivity index (χ2v) is 6.29. The predicted molar refractivity (Wildman–Crippen MR) is 76.4 cm³/mol. The molecule has 0 aromatic heterocycles. The van der Waals surface area contributed by atoms with Crippen LogP contribution in [0.25, 0.3) is 0 Å². The number of nitrogens with zero attached hydrogens (tertiary/aromatic N) is 1. The molecule has 0 bridgehead atoms. The lowest BCUT2D eigenvalue weighted by molar-refractivity contribution is 0.147. The number of nitrogens with one attached hydrogen (secondary N) is 1. The van der Waals surface area contributed by atoms with E-state index in [-0.39, 0.29) is 0 Å². The van der Waals surface area contributed by atoms with E-state index in [9.17, 15) is 0 Å². The molecule has 1 heterocycles. The van der Waals surface area contributed by atoms with Crippen LogP contribution in [0.4, 0.5) is 0 Å². The summed E-state index contributed by atoms with van der Waals surface area (Å²) in [5.74, 6) is 1.68. The van der Waals surface area contributed by atoms with Crippen molar-refractivity contribution < 1.29 is 0 Å². The molecule has 2 atom stereocenters. The zero-order chi connectivity index (χ0) is 12.7. The zero-order valence-corrected chi connectivity index (χ0v) is 12.3. The van der Waals surface area contributed by atoms with Crippen molar-refractivity contribution in [3.05, 3.63) is 0 Å². The van der Waals surface area contributed by atoms with Crippen molar-refractivity contribution in [2.75, 3.05) is 26.2 Å². The van der Waals surface area contributed by atoms with E-state index >= 15 is 0 Å². The second kappa shape index (κ2) is 8.10. The highest BCUT2D eigenvalue weighted by atomic mass is 15.2. The van der Waals surface area contributed by atoms with E-state index in [0.717, 1.165) is 17.9 Å². The van der Waals surface area contributed by atoms with Crippen LogP contribution in [0.3, 0.4) is 0 Å². The van der Waals surface area contributed by atoms with Gasteiger partial charge in [0.25, 0.3) is 0 Å². The Kier molecular flexibility index (Phi) is 7.14. The average molecular weight is 240 g/mol. The Balaban J connectivity index is 2.24. The standard InChI is InChI=1S/C15H32N2/c1-5-6-9-17-11-14(4)10-15(12-17)16-8-7-13(2)3/h13-16H,5-12H2,1-4H3. The normalized spacial score (nSPS) is 26.6. The van der Waals surface area contributed by atoms with E-state index in [1.165, 1.54) is 51.9 Å². The monoisotopic (exact) mass is 240 g/mol. The van der Waals surface area contributed by atoms with Crippen LogP contribution in [0.5, 0.6) is 0 Å². The van der Waals surface area contributed by atoms with Gasteiger partial charge in [0.15, 0.2) is 0 Å². The lowest BCUT2D eigenvalue weighted by Crippen LogP contribution is -2.49. The van der Waals surface area contributed by atoms with Crippen LogP contribution in [-0.2, 0) is 0 Å². The summed E-state index contributed by atoms with van der Waals surface area (Å²) in [5.41, 5.74) is 0. The fourth-order valence-corrected chi connectivity index (χ4v) is 2.75. The number of piperidine rings is 1. The molecule has 2 heteroatoms. The summed E-state index contributed by atoms with van der Waals surface area (Å²) in [4.78, 5) is 2.66. The Morgan fingerprint density at radius 2 is 2.06 bits per heavy atom. The third-order valence-corrected chi connectivity index (χ3v) is 3.72. The first-order chi connectivity index (χ1) is 8.11. The Morgan fingerprint density at radius 3 is 2.71 bits per heavy atom. The van der Waals surface area contributed by atoms with Gasteiger partial charge in [-0.05, 0) is 44.2 Å². The van der Waals surface area contributed by atoms with Gasteiger partial charge in [-0.3, -0.25) is 0 Å². The Hall–Kier alpha value is -0.0800. The molecule has 2 unspecified atom stereocenters. The molecule has 17 heavy (non-hydrogen) atoms. The molecule has 1 aliphatic rings. The van der Waals surface area contributed by atoms with Crippen molar-refractivity contribution in [1.29, 1.82) is 0 Å². The lowest BCUT2D eigenvalue weighted by atomic mass is 9.95. The predicted octanol–water partition coefficient (Wildman–Crippen LogP) is 3.13. The Labute approximate surface area is 108 Å². The lowest BCUT2D eigenvalue weighted by Gasteiger charge is -2.37. The number of likely N-dealkylation sites (tertiary alicyclic amines) is 1. The van der Waals surface area contributed by atoms with Crippen LogP contribution in [0.2, 0.25) is 0 Å². The number of rotatable bonds is 7. The molecule has 1 saturated heterocycles. The molecule has 0 saturated carbocycles. The van der Waals surface area contributed by atoms with Gasteiger partial charge >= 0.3 is 0 Å². The molecule has 1 N–H and O–H groups in total. The minimum atomic E-state index is 0.731. The maximum atomic E-state index is 3.75. The van der Waals surface area contributed by atoms with Crippen molar-refractivity contribution in [1.82, 2.24) is 10.2 Å². The summed E-state index contributed by atoms with van der Waals surface area (Å²) in [5, 5.41) is 3.75. The first-order valence-corrected chi connectivity index (χ1v) is 7.57. The summed E-state index contributed by atoms with van der Waals surface area (Å²) in [7, 11) is 0. The van der Waals surface area contributed by atoms with Crippen LogP contribution < -0.4 is 5.32 Å². The van der Waals surface area contributed by atoms with E-state index in [0.29, 0.717) is 0 Å². The van der Waals surface area contributed by atoms with Crippen molar-refractivity contribution in [3.8, 4) is 0 Å². The topological polar surface area (TPSA) is 15.3 Å². The van der Waals surface area contributed by atoms with Gasteiger partial charge in [0, 0.05) is 19.1 Å². The van der Waals surface area contributed by atoms with Crippen molar-refractivity contribution >= 4 is 0 Å². The molecule has 1 rings (SSSR count). The third-order valence-electron chi connectivity index (χ3n) is 3.72. The van der Waals surface area contributed by atoms with Gasteiger partial charge in [0.1, 0.15) is 0 Å². The fourth-order valence-electron chi connectivity index (χ4n) is 2.75. The van der Waals surface area contributed by atoms with E-state index in [1.807, 2.05) is 0 Å². The molecule has 0 amide bonds. The minimum absolute atomic E-state index is 0.731.